The highest BCUT2D eigenvalue weighted by Gasteiger charge is 2.18. The van der Waals surface area contributed by atoms with E-state index in [1.807, 2.05) is 0 Å². The van der Waals surface area contributed by atoms with Gasteiger partial charge in [-0.2, -0.15) is 0 Å². The van der Waals surface area contributed by atoms with E-state index >= 15 is 0 Å². The van der Waals surface area contributed by atoms with Crippen LogP contribution >= 0.6 is 0 Å². The number of benzene rings is 9. The summed E-state index contributed by atoms with van der Waals surface area (Å²) in [5.41, 5.74) is 9.84. The zero-order chi connectivity index (χ0) is 30.9. The summed E-state index contributed by atoms with van der Waals surface area (Å²) < 4.78 is 0. The fourth-order valence-electron chi connectivity index (χ4n) is 7.79. The Labute approximate surface area is 272 Å². The summed E-state index contributed by atoms with van der Waals surface area (Å²) in [6, 6.07) is 62.3. The van der Waals surface area contributed by atoms with Gasteiger partial charge in [-0.3, -0.25) is 0 Å². The maximum absolute atomic E-state index is 3.74. The predicted molar refractivity (Wildman–Crippen MR) is 202 cm³/mol. The third kappa shape index (κ3) is 4.03. The highest BCUT2D eigenvalue weighted by molar-refractivity contribution is 6.22. The number of hydrogen-bond acceptors (Lipinski definition) is 0. The van der Waals surface area contributed by atoms with Crippen LogP contribution in [0.5, 0.6) is 0 Å². The fourth-order valence-corrected chi connectivity index (χ4v) is 7.79. The average molecular weight is 596 g/mol. The molecule has 1 aromatic heterocycles. The van der Waals surface area contributed by atoms with E-state index in [4.69, 9.17) is 0 Å². The van der Waals surface area contributed by atoms with Crippen molar-refractivity contribution in [1.82, 2.24) is 4.98 Å². The second-order valence-corrected chi connectivity index (χ2v) is 12.6. The first-order valence-corrected chi connectivity index (χ1v) is 16.3. The first-order valence-electron chi connectivity index (χ1n) is 16.3. The largest absolute Gasteiger partial charge is 0.354 e. The molecule has 47 heavy (non-hydrogen) atoms. The van der Waals surface area contributed by atoms with Crippen molar-refractivity contribution in [3.8, 4) is 33.4 Å². The van der Waals surface area contributed by atoms with Crippen LogP contribution in [0.1, 0.15) is 0 Å². The molecule has 218 valence electrons. The summed E-state index contributed by atoms with van der Waals surface area (Å²) in [5, 5.41) is 12.6. The molecule has 0 bridgehead atoms. The standard InChI is InChI=1S/C46H29N/c1-2-12-33-27-44-42(26-32(33)11-1)37-25-24-34(28-43(37)47-44)46-40-17-7-5-15-38(40)45(39-16-6-8-18-41(39)46)31-22-20-30(21-23-31)36-19-9-13-29-10-3-4-14-35(29)36/h1-28,47H. The van der Waals surface area contributed by atoms with Crippen LogP contribution < -0.4 is 0 Å². The molecule has 0 spiro atoms. The Morgan fingerprint density at radius 2 is 0.766 bits per heavy atom. The summed E-state index contributed by atoms with van der Waals surface area (Å²) >= 11 is 0. The van der Waals surface area contributed by atoms with Crippen molar-refractivity contribution in [3.63, 3.8) is 0 Å². The Morgan fingerprint density at radius 3 is 1.45 bits per heavy atom. The maximum atomic E-state index is 3.74. The number of rotatable bonds is 3. The molecule has 0 aliphatic carbocycles. The number of aromatic nitrogens is 1. The Bertz CT molecular complexity index is 2770. The number of aromatic amines is 1. The Hall–Kier alpha value is -6.18. The summed E-state index contributed by atoms with van der Waals surface area (Å²) in [5.74, 6) is 0. The van der Waals surface area contributed by atoms with Crippen LogP contribution in [0, 0.1) is 0 Å². The third-order valence-electron chi connectivity index (χ3n) is 9.96. The molecule has 0 aliphatic heterocycles. The van der Waals surface area contributed by atoms with Crippen molar-refractivity contribution in [1.29, 1.82) is 0 Å². The molecule has 0 amide bonds. The quantitative estimate of drug-likeness (QED) is 0.196. The molecule has 0 atom stereocenters. The predicted octanol–water partition coefficient (Wildman–Crippen LogP) is 12.9. The minimum atomic E-state index is 1.16. The van der Waals surface area contributed by atoms with Gasteiger partial charge in [0.2, 0.25) is 0 Å². The van der Waals surface area contributed by atoms with E-state index in [0.29, 0.717) is 0 Å². The lowest BCUT2D eigenvalue weighted by Gasteiger charge is -2.18. The lowest BCUT2D eigenvalue weighted by Crippen LogP contribution is -1.91. The monoisotopic (exact) mass is 595 g/mol. The number of hydrogen-bond donors (Lipinski definition) is 1. The van der Waals surface area contributed by atoms with Crippen molar-refractivity contribution >= 4 is 64.9 Å². The lowest BCUT2D eigenvalue weighted by atomic mass is 9.85. The minimum absolute atomic E-state index is 1.16. The SMILES string of the molecule is c1ccc2cc3c(cc2c1)[nH]c1cc(-c2c4ccccc4c(-c4ccc(-c5cccc6ccccc56)cc4)c4ccccc24)ccc13. The molecule has 1 N–H and O–H groups in total. The van der Waals surface area contributed by atoms with Gasteiger partial charge in [0.25, 0.3) is 0 Å². The van der Waals surface area contributed by atoms with Crippen molar-refractivity contribution < 1.29 is 0 Å². The van der Waals surface area contributed by atoms with Crippen molar-refractivity contribution in [3.05, 3.63) is 170 Å². The molecule has 0 fully saturated rings. The van der Waals surface area contributed by atoms with Crippen molar-refractivity contribution in [2.24, 2.45) is 0 Å². The second kappa shape index (κ2) is 10.2. The van der Waals surface area contributed by atoms with Gasteiger partial charge < -0.3 is 4.98 Å². The molecule has 0 radical (unpaired) electrons. The number of H-pyrrole nitrogens is 1. The molecular formula is C46H29N. The van der Waals surface area contributed by atoms with Crippen molar-refractivity contribution in [2.45, 2.75) is 0 Å². The number of fused-ring (bicyclic) bond motifs is 7. The van der Waals surface area contributed by atoms with E-state index in [0.717, 1.165) is 5.52 Å². The Morgan fingerprint density at radius 1 is 0.277 bits per heavy atom. The summed E-state index contributed by atoms with van der Waals surface area (Å²) in [4.78, 5) is 3.74. The summed E-state index contributed by atoms with van der Waals surface area (Å²) in [6.45, 7) is 0. The van der Waals surface area contributed by atoms with Gasteiger partial charge in [0.1, 0.15) is 0 Å². The van der Waals surface area contributed by atoms with Crippen LogP contribution in [0.4, 0.5) is 0 Å². The van der Waals surface area contributed by atoms with Gasteiger partial charge in [0.15, 0.2) is 0 Å². The van der Waals surface area contributed by atoms with Gasteiger partial charge in [-0.25, -0.2) is 0 Å². The van der Waals surface area contributed by atoms with Crippen LogP contribution in [0.3, 0.4) is 0 Å². The molecule has 1 heteroatoms. The molecule has 0 saturated carbocycles. The average Bonchev–Trinajstić information content (AvgIpc) is 3.49. The second-order valence-electron chi connectivity index (χ2n) is 12.6. The molecule has 1 nitrogen and oxygen atoms in total. The van der Waals surface area contributed by atoms with Crippen LogP contribution in [0.15, 0.2) is 170 Å². The normalized spacial score (nSPS) is 11.8. The topological polar surface area (TPSA) is 15.8 Å². The van der Waals surface area contributed by atoms with Crippen molar-refractivity contribution in [2.75, 3.05) is 0 Å². The van der Waals surface area contributed by atoms with Crippen LogP contribution in [-0.4, -0.2) is 4.98 Å². The zero-order valence-electron chi connectivity index (χ0n) is 25.7. The van der Waals surface area contributed by atoms with E-state index < -0.39 is 0 Å². The van der Waals surface area contributed by atoms with E-state index in [9.17, 15) is 0 Å². The van der Waals surface area contributed by atoms with Gasteiger partial charge >= 0.3 is 0 Å². The van der Waals surface area contributed by atoms with Gasteiger partial charge in [-0.15, -0.1) is 0 Å². The van der Waals surface area contributed by atoms with Gasteiger partial charge in [-0.1, -0.05) is 152 Å². The Kier molecular flexibility index (Phi) is 5.64. The molecule has 0 saturated heterocycles. The Balaban J connectivity index is 1.17. The summed E-state index contributed by atoms with van der Waals surface area (Å²) in [7, 11) is 0. The molecule has 10 rings (SSSR count). The third-order valence-corrected chi connectivity index (χ3v) is 9.96. The first kappa shape index (κ1) is 26.1. The molecule has 0 unspecified atom stereocenters. The number of nitrogens with one attached hydrogen (secondary N) is 1. The fraction of sp³-hybridized carbons (Fsp3) is 0. The first-order chi connectivity index (χ1) is 23.3. The zero-order valence-corrected chi connectivity index (χ0v) is 25.7. The molecule has 9 aromatic carbocycles. The lowest BCUT2D eigenvalue weighted by molar-refractivity contribution is 1.55. The highest BCUT2D eigenvalue weighted by atomic mass is 14.7. The van der Waals surface area contributed by atoms with Crippen LogP contribution in [0.25, 0.3) is 98.3 Å². The van der Waals surface area contributed by atoms with E-state index in [-0.39, 0.29) is 0 Å². The molecule has 0 aliphatic rings. The van der Waals surface area contributed by atoms with Gasteiger partial charge in [-0.05, 0) is 94.7 Å². The minimum Gasteiger partial charge on any atom is -0.354 e. The summed E-state index contributed by atoms with van der Waals surface area (Å²) in [6.07, 6.45) is 0. The molecule has 1 heterocycles. The van der Waals surface area contributed by atoms with E-state index in [1.165, 1.54) is 92.8 Å². The molecular weight excluding hydrogens is 567 g/mol. The van der Waals surface area contributed by atoms with Gasteiger partial charge in [0, 0.05) is 21.8 Å². The van der Waals surface area contributed by atoms with Crippen LogP contribution in [-0.2, 0) is 0 Å². The maximum Gasteiger partial charge on any atom is 0.0471 e. The smallest absolute Gasteiger partial charge is 0.0471 e. The van der Waals surface area contributed by atoms with Gasteiger partial charge in [0.05, 0.1) is 0 Å². The van der Waals surface area contributed by atoms with E-state index in [2.05, 4.69) is 175 Å². The highest BCUT2D eigenvalue weighted by Crippen LogP contribution is 2.45. The molecule has 10 aromatic rings. The van der Waals surface area contributed by atoms with Crippen LogP contribution in [0.2, 0.25) is 0 Å². The van der Waals surface area contributed by atoms with E-state index in [1.54, 1.807) is 0 Å².